The maximum atomic E-state index is 12.1. The van der Waals surface area contributed by atoms with Crippen LogP contribution in [-0.4, -0.2) is 27.8 Å². The molecule has 0 bridgehead atoms. The highest BCUT2D eigenvalue weighted by molar-refractivity contribution is 5.85. The fourth-order valence-electron chi connectivity index (χ4n) is 3.22. The largest absolute Gasteiger partial charge is 0.496 e. The summed E-state index contributed by atoms with van der Waals surface area (Å²) in [5.74, 6) is 1.03. The zero-order valence-corrected chi connectivity index (χ0v) is 15.2. The van der Waals surface area contributed by atoms with Gasteiger partial charge in [-0.3, -0.25) is 9.48 Å². The van der Waals surface area contributed by atoms with Crippen LogP contribution in [0.1, 0.15) is 31.0 Å². The Morgan fingerprint density at radius 3 is 2.92 bits per heavy atom. The zero-order valence-electron chi connectivity index (χ0n) is 15.2. The minimum atomic E-state index is -0.144. The van der Waals surface area contributed by atoms with Crippen molar-refractivity contribution in [3.8, 4) is 5.75 Å². The molecule has 4 rings (SSSR count). The van der Waals surface area contributed by atoms with Crippen LogP contribution in [0.25, 0.3) is 10.9 Å². The lowest BCUT2D eigenvalue weighted by Crippen LogP contribution is -2.29. The third-order valence-electron chi connectivity index (χ3n) is 5.23. The summed E-state index contributed by atoms with van der Waals surface area (Å²) in [6.07, 6.45) is 6.56. The number of amides is 1. The molecule has 1 aromatic carbocycles. The Kier molecular flexibility index (Phi) is 4.18. The number of rotatable bonds is 7. The first-order valence-electron chi connectivity index (χ1n) is 9.02. The number of ether oxygens (including phenoxy) is 1. The van der Waals surface area contributed by atoms with Crippen molar-refractivity contribution in [1.29, 1.82) is 0 Å². The molecule has 1 aliphatic rings. The number of hydrogen-bond donors (Lipinski definition) is 2. The van der Waals surface area contributed by atoms with Crippen molar-refractivity contribution in [3.05, 3.63) is 47.9 Å². The van der Waals surface area contributed by atoms with Crippen molar-refractivity contribution >= 4 is 16.8 Å². The zero-order chi connectivity index (χ0) is 18.1. The number of carbonyl (C=O) groups excluding carboxylic acids is 1. The second kappa shape index (κ2) is 6.52. The Bertz CT molecular complexity index is 923. The molecule has 0 saturated heterocycles. The second-order valence-electron chi connectivity index (χ2n) is 7.31. The van der Waals surface area contributed by atoms with Gasteiger partial charge in [0.25, 0.3) is 0 Å². The maximum Gasteiger partial charge on any atom is 0.226 e. The molecule has 2 N–H and O–H groups in total. The Labute approximate surface area is 152 Å². The summed E-state index contributed by atoms with van der Waals surface area (Å²) >= 11 is 0. The first-order valence-corrected chi connectivity index (χ1v) is 9.02. The van der Waals surface area contributed by atoms with Gasteiger partial charge in [0.2, 0.25) is 5.91 Å². The standard InChI is InChI=1S/C20H24N4O2/c1-20(5-6-20)19(25)21-13-16-10-15-12-18(26-2)14(11-17(15)23-16)4-9-24-8-3-7-22-24/h3,7-8,10-12,23H,4-6,9,13H2,1-2H3,(H,21,25). The summed E-state index contributed by atoms with van der Waals surface area (Å²) in [5, 5.41) is 8.37. The van der Waals surface area contributed by atoms with Gasteiger partial charge in [0.05, 0.1) is 13.7 Å². The van der Waals surface area contributed by atoms with Crippen molar-refractivity contribution in [2.75, 3.05) is 7.11 Å². The molecule has 0 aliphatic heterocycles. The molecule has 1 saturated carbocycles. The van der Waals surface area contributed by atoms with E-state index in [1.807, 2.05) is 23.9 Å². The topological polar surface area (TPSA) is 71.9 Å². The summed E-state index contributed by atoms with van der Waals surface area (Å²) in [7, 11) is 1.70. The third-order valence-corrected chi connectivity index (χ3v) is 5.23. The van der Waals surface area contributed by atoms with Crippen molar-refractivity contribution in [1.82, 2.24) is 20.1 Å². The molecule has 1 amide bonds. The quantitative estimate of drug-likeness (QED) is 0.686. The summed E-state index contributed by atoms with van der Waals surface area (Å²) in [6, 6.07) is 8.18. The van der Waals surface area contributed by atoms with Crippen molar-refractivity contribution in [2.24, 2.45) is 5.41 Å². The molecule has 0 spiro atoms. The van der Waals surface area contributed by atoms with E-state index in [2.05, 4.69) is 33.6 Å². The predicted octanol–water partition coefficient (Wildman–Crippen LogP) is 3.03. The molecular formula is C20H24N4O2. The molecular weight excluding hydrogens is 328 g/mol. The number of fused-ring (bicyclic) bond motifs is 1. The molecule has 2 heterocycles. The molecule has 136 valence electrons. The summed E-state index contributed by atoms with van der Waals surface area (Å²) in [6.45, 7) is 3.34. The van der Waals surface area contributed by atoms with Crippen LogP contribution in [0.5, 0.6) is 5.75 Å². The van der Waals surface area contributed by atoms with Crippen LogP contribution >= 0.6 is 0 Å². The number of hydrogen-bond acceptors (Lipinski definition) is 3. The van der Waals surface area contributed by atoms with Crippen LogP contribution in [0.15, 0.2) is 36.7 Å². The van der Waals surface area contributed by atoms with E-state index in [4.69, 9.17) is 4.74 Å². The van der Waals surface area contributed by atoms with E-state index in [0.29, 0.717) is 6.54 Å². The van der Waals surface area contributed by atoms with E-state index in [0.717, 1.165) is 53.7 Å². The Hall–Kier alpha value is -2.76. The number of nitrogens with one attached hydrogen (secondary N) is 2. The van der Waals surface area contributed by atoms with Gasteiger partial charge in [-0.1, -0.05) is 6.92 Å². The number of benzene rings is 1. The molecule has 0 atom stereocenters. The second-order valence-corrected chi connectivity index (χ2v) is 7.31. The van der Waals surface area contributed by atoms with E-state index in [-0.39, 0.29) is 11.3 Å². The summed E-state index contributed by atoms with van der Waals surface area (Å²) in [4.78, 5) is 15.5. The summed E-state index contributed by atoms with van der Waals surface area (Å²) in [5.41, 5.74) is 3.06. The molecule has 0 radical (unpaired) electrons. The molecule has 2 aromatic heterocycles. The van der Waals surface area contributed by atoms with E-state index in [1.54, 1.807) is 13.3 Å². The summed E-state index contributed by atoms with van der Waals surface area (Å²) < 4.78 is 7.48. The van der Waals surface area contributed by atoms with Crippen LogP contribution in [0, 0.1) is 5.41 Å². The van der Waals surface area contributed by atoms with Gasteiger partial charge in [0, 0.05) is 41.0 Å². The number of aryl methyl sites for hydroxylation is 2. The average Bonchev–Trinajstić information content (AvgIpc) is 3.06. The van der Waals surface area contributed by atoms with Crippen LogP contribution in [0.4, 0.5) is 0 Å². The van der Waals surface area contributed by atoms with Gasteiger partial charge in [-0.15, -0.1) is 0 Å². The van der Waals surface area contributed by atoms with E-state index in [9.17, 15) is 4.79 Å². The molecule has 1 aliphatic carbocycles. The Morgan fingerprint density at radius 1 is 1.38 bits per heavy atom. The molecule has 1 fully saturated rings. The Morgan fingerprint density at radius 2 is 2.23 bits per heavy atom. The number of nitrogens with zero attached hydrogens (tertiary/aromatic N) is 2. The number of aromatic nitrogens is 3. The van der Waals surface area contributed by atoms with Gasteiger partial charge in [0.1, 0.15) is 5.75 Å². The average molecular weight is 352 g/mol. The van der Waals surface area contributed by atoms with Crippen LogP contribution in [0.2, 0.25) is 0 Å². The van der Waals surface area contributed by atoms with Gasteiger partial charge >= 0.3 is 0 Å². The number of H-pyrrole nitrogens is 1. The van der Waals surface area contributed by atoms with E-state index in [1.165, 1.54) is 0 Å². The predicted molar refractivity (Wildman–Crippen MR) is 100.0 cm³/mol. The molecule has 26 heavy (non-hydrogen) atoms. The fourth-order valence-corrected chi connectivity index (χ4v) is 3.22. The lowest BCUT2D eigenvalue weighted by molar-refractivity contribution is -0.125. The fraction of sp³-hybridized carbons (Fsp3) is 0.400. The highest BCUT2D eigenvalue weighted by Crippen LogP contribution is 2.45. The minimum Gasteiger partial charge on any atom is -0.496 e. The van der Waals surface area contributed by atoms with Gasteiger partial charge in [0.15, 0.2) is 0 Å². The van der Waals surface area contributed by atoms with Crippen molar-refractivity contribution in [2.45, 2.75) is 39.3 Å². The van der Waals surface area contributed by atoms with Crippen LogP contribution < -0.4 is 10.1 Å². The van der Waals surface area contributed by atoms with Gasteiger partial charge in [-0.05, 0) is 49.1 Å². The number of aromatic amines is 1. The van der Waals surface area contributed by atoms with Crippen molar-refractivity contribution in [3.63, 3.8) is 0 Å². The third kappa shape index (κ3) is 3.31. The maximum absolute atomic E-state index is 12.1. The first-order chi connectivity index (χ1) is 12.6. The monoisotopic (exact) mass is 352 g/mol. The molecule has 0 unspecified atom stereocenters. The van der Waals surface area contributed by atoms with Crippen molar-refractivity contribution < 1.29 is 9.53 Å². The first kappa shape index (κ1) is 16.7. The highest BCUT2D eigenvalue weighted by Gasteiger charge is 2.44. The van der Waals surface area contributed by atoms with Crippen LogP contribution in [-0.2, 0) is 24.3 Å². The van der Waals surface area contributed by atoms with Crippen LogP contribution in [0.3, 0.4) is 0 Å². The lowest BCUT2D eigenvalue weighted by atomic mass is 10.1. The number of carbonyl (C=O) groups is 1. The molecule has 6 nitrogen and oxygen atoms in total. The Balaban J connectivity index is 1.50. The lowest BCUT2D eigenvalue weighted by Gasteiger charge is -2.09. The van der Waals surface area contributed by atoms with E-state index >= 15 is 0 Å². The SMILES string of the molecule is COc1cc2cc(CNC(=O)C3(C)CC3)[nH]c2cc1CCn1cccn1. The normalized spacial score (nSPS) is 15.2. The highest BCUT2D eigenvalue weighted by atomic mass is 16.5. The molecule has 6 heteroatoms. The van der Waals surface area contributed by atoms with Gasteiger partial charge in [-0.2, -0.15) is 5.10 Å². The van der Waals surface area contributed by atoms with E-state index < -0.39 is 0 Å². The smallest absolute Gasteiger partial charge is 0.226 e. The molecule has 3 aromatic rings. The van der Waals surface area contributed by atoms with Gasteiger partial charge < -0.3 is 15.0 Å². The van der Waals surface area contributed by atoms with Gasteiger partial charge in [-0.25, -0.2) is 0 Å². The number of methoxy groups -OCH3 is 1. The minimum absolute atomic E-state index is 0.144.